The van der Waals surface area contributed by atoms with Crippen molar-refractivity contribution in [3.8, 4) is 0 Å². The number of hydrogen-bond donors (Lipinski definition) is 0. The van der Waals surface area contributed by atoms with E-state index in [1.807, 2.05) is 0 Å². The van der Waals surface area contributed by atoms with E-state index in [0.717, 1.165) is 10.1 Å². The van der Waals surface area contributed by atoms with E-state index in [9.17, 15) is 9.59 Å². The molecule has 0 spiro atoms. The molecule has 2 amide bonds. The van der Waals surface area contributed by atoms with E-state index in [-0.39, 0.29) is 25.0 Å². The van der Waals surface area contributed by atoms with Crippen molar-refractivity contribution >= 4 is 11.8 Å². The quantitative estimate of drug-likeness (QED) is 0.692. The summed E-state index contributed by atoms with van der Waals surface area (Å²) in [6.45, 7) is 13.8. The van der Waals surface area contributed by atoms with Gasteiger partial charge in [-0.15, -0.1) is 13.2 Å². The van der Waals surface area contributed by atoms with Crippen LogP contribution in [0.15, 0.2) is 25.3 Å². The average molecular weight is 282 g/mol. The van der Waals surface area contributed by atoms with Crippen LogP contribution in [0, 0.1) is 0 Å². The molecular weight excluding hydrogens is 260 g/mol. The van der Waals surface area contributed by atoms with Gasteiger partial charge in [0, 0.05) is 0 Å². The van der Waals surface area contributed by atoms with Gasteiger partial charge in [0.2, 0.25) is 0 Å². The molecule has 0 aromatic carbocycles. The molecule has 1 aliphatic rings. The molecule has 0 N–H and O–H groups in total. The highest BCUT2D eigenvalue weighted by Crippen LogP contribution is 2.33. The monoisotopic (exact) mass is 282 g/mol. The number of hydroxylamine groups is 4. The van der Waals surface area contributed by atoms with Gasteiger partial charge in [-0.3, -0.25) is 19.3 Å². The van der Waals surface area contributed by atoms with Gasteiger partial charge in [0.05, 0.1) is 13.2 Å². The Balaban J connectivity index is 3.13. The highest BCUT2D eigenvalue weighted by Gasteiger charge is 2.57. The second-order valence-corrected chi connectivity index (χ2v) is 5.49. The van der Waals surface area contributed by atoms with Crippen molar-refractivity contribution < 1.29 is 19.3 Å². The number of hydrogen-bond acceptors (Lipinski definition) is 4. The maximum atomic E-state index is 12.6. The fourth-order valence-electron chi connectivity index (χ4n) is 1.87. The molecule has 0 radical (unpaired) electrons. The summed E-state index contributed by atoms with van der Waals surface area (Å²) in [6.07, 6.45) is 3.03. The number of piperazine rings is 1. The van der Waals surface area contributed by atoms with Gasteiger partial charge in [0.15, 0.2) is 0 Å². The van der Waals surface area contributed by atoms with Crippen LogP contribution in [0.25, 0.3) is 0 Å². The minimum atomic E-state index is -1.16. The maximum Gasteiger partial charge on any atom is 0.275 e. The molecule has 1 fully saturated rings. The molecule has 0 atom stereocenters. The molecule has 112 valence electrons. The average Bonchev–Trinajstić information content (AvgIpc) is 2.37. The molecule has 0 aromatic rings. The Morgan fingerprint density at radius 1 is 0.900 bits per heavy atom. The molecule has 0 bridgehead atoms. The molecule has 0 unspecified atom stereocenters. The Morgan fingerprint density at radius 3 is 1.45 bits per heavy atom. The summed E-state index contributed by atoms with van der Waals surface area (Å²) in [5.74, 6) is -0.707. The largest absolute Gasteiger partial charge is 0.275 e. The van der Waals surface area contributed by atoms with Crippen molar-refractivity contribution in [2.45, 2.75) is 38.8 Å². The van der Waals surface area contributed by atoms with Crippen molar-refractivity contribution in [1.82, 2.24) is 10.1 Å². The van der Waals surface area contributed by atoms with Gasteiger partial charge in [0.1, 0.15) is 11.1 Å². The summed E-state index contributed by atoms with van der Waals surface area (Å²) in [6, 6.07) is 0. The first-order valence-electron chi connectivity index (χ1n) is 6.38. The van der Waals surface area contributed by atoms with Gasteiger partial charge >= 0.3 is 0 Å². The summed E-state index contributed by atoms with van der Waals surface area (Å²) >= 11 is 0. The molecule has 0 aromatic heterocycles. The smallest absolute Gasteiger partial charge is 0.270 e. The lowest BCUT2D eigenvalue weighted by atomic mass is 9.91. The Morgan fingerprint density at radius 2 is 1.20 bits per heavy atom. The summed E-state index contributed by atoms with van der Waals surface area (Å²) in [5, 5.41) is 2.20. The van der Waals surface area contributed by atoms with Gasteiger partial charge in [-0.05, 0) is 27.7 Å². The third kappa shape index (κ3) is 2.62. The number of amides is 2. The van der Waals surface area contributed by atoms with E-state index in [4.69, 9.17) is 9.68 Å². The number of rotatable bonds is 6. The Labute approximate surface area is 119 Å². The van der Waals surface area contributed by atoms with Gasteiger partial charge in [-0.25, -0.2) is 10.1 Å². The predicted molar refractivity (Wildman–Crippen MR) is 74.1 cm³/mol. The fourth-order valence-corrected chi connectivity index (χ4v) is 1.87. The SMILES string of the molecule is C=CCON1C(=O)C(C)(C)N(OCC=C)C(=O)C1(C)C. The number of carbonyl (C=O) groups excluding carboxylic acids is 2. The maximum absolute atomic E-state index is 12.6. The van der Waals surface area contributed by atoms with Crippen LogP contribution in [-0.2, 0) is 19.3 Å². The lowest BCUT2D eigenvalue weighted by Gasteiger charge is -2.50. The number of carbonyl (C=O) groups is 2. The van der Waals surface area contributed by atoms with E-state index in [1.165, 1.54) is 12.2 Å². The molecule has 0 saturated carbocycles. The first-order chi connectivity index (χ1) is 9.21. The van der Waals surface area contributed by atoms with E-state index in [2.05, 4.69) is 13.2 Å². The van der Waals surface area contributed by atoms with Crippen molar-refractivity contribution in [3.63, 3.8) is 0 Å². The number of nitrogens with zero attached hydrogens (tertiary/aromatic N) is 2. The minimum Gasteiger partial charge on any atom is -0.270 e. The molecule has 6 nitrogen and oxygen atoms in total. The lowest BCUT2D eigenvalue weighted by molar-refractivity contribution is -0.276. The van der Waals surface area contributed by atoms with Gasteiger partial charge in [-0.1, -0.05) is 12.2 Å². The molecule has 1 aliphatic heterocycles. The van der Waals surface area contributed by atoms with Crippen LogP contribution in [0.5, 0.6) is 0 Å². The minimum absolute atomic E-state index is 0.145. The Hall–Kier alpha value is -1.66. The molecule has 20 heavy (non-hydrogen) atoms. The van der Waals surface area contributed by atoms with Crippen molar-refractivity contribution in [2.24, 2.45) is 0 Å². The van der Waals surface area contributed by atoms with E-state index in [0.29, 0.717) is 0 Å². The van der Waals surface area contributed by atoms with Crippen LogP contribution in [0.4, 0.5) is 0 Å². The van der Waals surface area contributed by atoms with E-state index in [1.54, 1.807) is 27.7 Å². The van der Waals surface area contributed by atoms with Gasteiger partial charge in [-0.2, -0.15) is 0 Å². The molecular formula is C14H22N2O4. The van der Waals surface area contributed by atoms with Crippen LogP contribution >= 0.6 is 0 Å². The van der Waals surface area contributed by atoms with E-state index < -0.39 is 11.1 Å². The van der Waals surface area contributed by atoms with Crippen LogP contribution < -0.4 is 0 Å². The standard InChI is InChI=1S/C14H22N2O4/c1-7-9-19-15-11(17)14(5,6)16(20-10-8-2)12(18)13(15,3)4/h7-8H,1-2,9-10H2,3-6H3. The topological polar surface area (TPSA) is 59.1 Å². The second-order valence-electron chi connectivity index (χ2n) is 5.49. The Kier molecular flexibility index (Phi) is 4.73. The van der Waals surface area contributed by atoms with Crippen molar-refractivity contribution in [1.29, 1.82) is 0 Å². The zero-order chi connectivity index (χ0) is 15.6. The fraction of sp³-hybridized carbons (Fsp3) is 0.571. The molecule has 6 heteroatoms. The molecule has 1 heterocycles. The van der Waals surface area contributed by atoms with Gasteiger partial charge < -0.3 is 0 Å². The van der Waals surface area contributed by atoms with Crippen LogP contribution in [0.3, 0.4) is 0 Å². The summed E-state index contributed by atoms with van der Waals surface area (Å²) in [5.41, 5.74) is -2.31. The highest BCUT2D eigenvalue weighted by atomic mass is 16.7. The first-order valence-corrected chi connectivity index (χ1v) is 6.38. The molecule has 1 saturated heterocycles. The summed E-state index contributed by atoms with van der Waals surface area (Å²) < 4.78 is 0. The molecule has 0 aliphatic carbocycles. The van der Waals surface area contributed by atoms with Gasteiger partial charge in [0.25, 0.3) is 11.8 Å². The van der Waals surface area contributed by atoms with Crippen LogP contribution in [0.1, 0.15) is 27.7 Å². The predicted octanol–water partition coefficient (Wildman–Crippen LogP) is 1.45. The van der Waals surface area contributed by atoms with Crippen LogP contribution in [0.2, 0.25) is 0 Å². The highest BCUT2D eigenvalue weighted by molar-refractivity contribution is 6.00. The van der Waals surface area contributed by atoms with E-state index >= 15 is 0 Å². The zero-order valence-corrected chi connectivity index (χ0v) is 12.5. The third-order valence-electron chi connectivity index (χ3n) is 3.07. The third-order valence-corrected chi connectivity index (χ3v) is 3.07. The zero-order valence-electron chi connectivity index (χ0n) is 12.5. The first kappa shape index (κ1) is 16.4. The van der Waals surface area contributed by atoms with Crippen molar-refractivity contribution in [2.75, 3.05) is 13.2 Å². The normalized spacial score (nSPS) is 21.0. The molecule has 1 rings (SSSR count). The van der Waals surface area contributed by atoms with Crippen LogP contribution in [-0.4, -0.2) is 46.2 Å². The Bertz CT molecular complexity index is 389. The summed E-state index contributed by atoms with van der Waals surface area (Å²) in [4.78, 5) is 35.8. The van der Waals surface area contributed by atoms with Crippen molar-refractivity contribution in [3.05, 3.63) is 25.3 Å². The lowest BCUT2D eigenvalue weighted by Crippen LogP contribution is -2.73. The second kappa shape index (κ2) is 5.76. The summed E-state index contributed by atoms with van der Waals surface area (Å²) in [7, 11) is 0.